The van der Waals surface area contributed by atoms with Crippen LogP contribution in [0.1, 0.15) is 29.0 Å². The fourth-order valence-electron chi connectivity index (χ4n) is 2.03. The van der Waals surface area contributed by atoms with E-state index in [1.54, 1.807) is 0 Å². The first-order chi connectivity index (χ1) is 6.68. The minimum absolute atomic E-state index is 0.0786. The van der Waals surface area contributed by atoms with Gasteiger partial charge in [0.2, 0.25) is 5.91 Å². The number of nitrogens with one attached hydrogen (secondary N) is 1. The number of carbonyl (C=O) groups excluding carboxylic acids is 1. The molecule has 2 rings (SSSR count). The van der Waals surface area contributed by atoms with Crippen molar-refractivity contribution in [1.29, 1.82) is 0 Å². The summed E-state index contributed by atoms with van der Waals surface area (Å²) in [6.45, 7) is 4.95. The lowest BCUT2D eigenvalue weighted by atomic mass is 9.92. The molecule has 0 bridgehead atoms. The number of hydrogen-bond donors (Lipinski definition) is 1. The molecule has 0 saturated carbocycles. The average molecular weight is 189 g/mol. The first-order valence-corrected chi connectivity index (χ1v) is 5.03. The van der Waals surface area contributed by atoms with Crippen LogP contribution in [-0.4, -0.2) is 12.5 Å². The molecular weight excluding hydrogens is 174 g/mol. The monoisotopic (exact) mass is 189 g/mol. The first kappa shape index (κ1) is 9.25. The summed E-state index contributed by atoms with van der Waals surface area (Å²) in [5, 5.41) is 2.88. The molecule has 1 amide bonds. The van der Waals surface area contributed by atoms with Crippen molar-refractivity contribution in [3.8, 4) is 0 Å². The summed E-state index contributed by atoms with van der Waals surface area (Å²) >= 11 is 0. The van der Waals surface area contributed by atoms with Crippen LogP contribution < -0.4 is 5.32 Å². The van der Waals surface area contributed by atoms with E-state index in [4.69, 9.17) is 0 Å². The molecule has 0 spiro atoms. The van der Waals surface area contributed by atoms with Gasteiger partial charge < -0.3 is 5.32 Å². The predicted molar refractivity (Wildman–Crippen MR) is 56.3 cm³/mol. The van der Waals surface area contributed by atoms with E-state index < -0.39 is 0 Å². The Morgan fingerprint density at radius 1 is 1.36 bits per heavy atom. The van der Waals surface area contributed by atoms with Gasteiger partial charge >= 0.3 is 0 Å². The van der Waals surface area contributed by atoms with Crippen LogP contribution in [0, 0.1) is 13.8 Å². The van der Waals surface area contributed by atoms with Gasteiger partial charge in [0.05, 0.1) is 5.92 Å². The van der Waals surface area contributed by atoms with E-state index in [1.165, 1.54) is 16.7 Å². The lowest BCUT2D eigenvalue weighted by molar-refractivity contribution is -0.120. The number of rotatable bonds is 1. The minimum atomic E-state index is 0.0786. The average Bonchev–Trinajstić information content (AvgIpc) is 2.56. The zero-order chi connectivity index (χ0) is 10.1. The molecule has 0 aromatic heterocycles. The molecule has 1 aliphatic rings. The summed E-state index contributed by atoms with van der Waals surface area (Å²) in [6, 6.07) is 6.31. The molecule has 74 valence electrons. The summed E-state index contributed by atoms with van der Waals surface area (Å²) in [5.41, 5.74) is 3.64. The molecule has 1 heterocycles. The van der Waals surface area contributed by atoms with Gasteiger partial charge in [-0.1, -0.05) is 23.8 Å². The second kappa shape index (κ2) is 3.45. The lowest BCUT2D eigenvalue weighted by Gasteiger charge is -2.11. The van der Waals surface area contributed by atoms with Crippen LogP contribution in [0.4, 0.5) is 0 Å². The van der Waals surface area contributed by atoms with E-state index in [9.17, 15) is 4.79 Å². The van der Waals surface area contributed by atoms with Gasteiger partial charge in [-0.3, -0.25) is 4.79 Å². The highest BCUT2D eigenvalue weighted by molar-refractivity contribution is 5.86. The Balaban J connectivity index is 2.39. The van der Waals surface area contributed by atoms with E-state index in [2.05, 4.69) is 37.4 Å². The maximum absolute atomic E-state index is 11.5. The topological polar surface area (TPSA) is 29.1 Å². The molecule has 0 aliphatic carbocycles. The van der Waals surface area contributed by atoms with Gasteiger partial charge in [0, 0.05) is 6.54 Å². The van der Waals surface area contributed by atoms with Crippen molar-refractivity contribution in [2.45, 2.75) is 26.2 Å². The van der Waals surface area contributed by atoms with Crippen LogP contribution in [0.5, 0.6) is 0 Å². The number of aryl methyl sites for hydroxylation is 2. The van der Waals surface area contributed by atoms with Crippen molar-refractivity contribution in [2.75, 3.05) is 6.54 Å². The van der Waals surface area contributed by atoms with E-state index in [0.717, 1.165) is 13.0 Å². The summed E-state index contributed by atoms with van der Waals surface area (Å²) in [4.78, 5) is 11.5. The van der Waals surface area contributed by atoms with Gasteiger partial charge in [0.1, 0.15) is 0 Å². The molecule has 1 fully saturated rings. The molecule has 2 heteroatoms. The second-order valence-corrected chi connectivity index (χ2v) is 3.99. The largest absolute Gasteiger partial charge is 0.356 e. The third-order valence-corrected chi connectivity index (χ3v) is 2.86. The predicted octanol–water partition coefficient (Wildman–Crippen LogP) is 1.91. The lowest BCUT2D eigenvalue weighted by Crippen LogP contribution is -2.18. The van der Waals surface area contributed by atoms with E-state index >= 15 is 0 Å². The molecule has 1 aromatic rings. The van der Waals surface area contributed by atoms with Crippen LogP contribution in [0.2, 0.25) is 0 Å². The fraction of sp³-hybridized carbons (Fsp3) is 0.417. The zero-order valence-electron chi connectivity index (χ0n) is 8.63. The van der Waals surface area contributed by atoms with Crippen LogP contribution in [0.15, 0.2) is 18.2 Å². The maximum Gasteiger partial charge on any atom is 0.227 e. The Kier molecular flexibility index (Phi) is 2.28. The molecule has 1 N–H and O–H groups in total. The Morgan fingerprint density at radius 2 is 2.14 bits per heavy atom. The maximum atomic E-state index is 11.5. The standard InChI is InChI=1S/C12H15NO/c1-8-3-4-9(2)11(7-8)10-5-6-13-12(10)14/h3-4,7,10H,5-6H2,1-2H3,(H,13,14)/t10-/m1/s1. The van der Waals surface area contributed by atoms with Gasteiger partial charge in [0.25, 0.3) is 0 Å². The molecule has 1 aromatic carbocycles. The van der Waals surface area contributed by atoms with Crippen molar-refractivity contribution in [2.24, 2.45) is 0 Å². The number of amides is 1. The summed E-state index contributed by atoms with van der Waals surface area (Å²) in [6.07, 6.45) is 0.934. The van der Waals surface area contributed by atoms with Crippen molar-refractivity contribution in [1.82, 2.24) is 5.32 Å². The molecule has 1 saturated heterocycles. The van der Waals surface area contributed by atoms with E-state index in [0.29, 0.717) is 0 Å². The van der Waals surface area contributed by atoms with Crippen molar-refractivity contribution in [3.05, 3.63) is 34.9 Å². The Labute approximate surface area is 84.3 Å². The van der Waals surface area contributed by atoms with Gasteiger partial charge in [-0.25, -0.2) is 0 Å². The number of benzene rings is 1. The molecule has 1 aliphatic heterocycles. The molecule has 2 nitrogen and oxygen atoms in total. The number of carbonyl (C=O) groups is 1. The van der Waals surface area contributed by atoms with Crippen molar-refractivity contribution < 1.29 is 4.79 Å². The normalized spacial score (nSPS) is 21.0. The fourth-order valence-corrected chi connectivity index (χ4v) is 2.03. The first-order valence-electron chi connectivity index (χ1n) is 5.03. The van der Waals surface area contributed by atoms with Crippen LogP contribution in [0.3, 0.4) is 0 Å². The van der Waals surface area contributed by atoms with Crippen LogP contribution in [-0.2, 0) is 4.79 Å². The smallest absolute Gasteiger partial charge is 0.227 e. The Morgan fingerprint density at radius 3 is 2.79 bits per heavy atom. The van der Waals surface area contributed by atoms with Crippen molar-refractivity contribution in [3.63, 3.8) is 0 Å². The highest BCUT2D eigenvalue weighted by Gasteiger charge is 2.26. The van der Waals surface area contributed by atoms with E-state index in [1.807, 2.05) is 0 Å². The molecular formula is C12H15NO. The SMILES string of the molecule is Cc1ccc(C)c([C@H]2CCNC2=O)c1. The number of hydrogen-bond acceptors (Lipinski definition) is 1. The summed E-state index contributed by atoms with van der Waals surface area (Å²) in [5.74, 6) is 0.258. The van der Waals surface area contributed by atoms with Gasteiger partial charge in [0.15, 0.2) is 0 Å². The summed E-state index contributed by atoms with van der Waals surface area (Å²) < 4.78 is 0. The van der Waals surface area contributed by atoms with Gasteiger partial charge in [-0.2, -0.15) is 0 Å². The zero-order valence-corrected chi connectivity index (χ0v) is 8.63. The molecule has 14 heavy (non-hydrogen) atoms. The van der Waals surface area contributed by atoms with Gasteiger partial charge in [-0.15, -0.1) is 0 Å². The Bertz CT molecular complexity index is 371. The quantitative estimate of drug-likeness (QED) is 0.718. The van der Waals surface area contributed by atoms with Crippen molar-refractivity contribution >= 4 is 5.91 Å². The van der Waals surface area contributed by atoms with E-state index in [-0.39, 0.29) is 11.8 Å². The Hall–Kier alpha value is -1.31. The molecule has 0 radical (unpaired) electrons. The second-order valence-electron chi connectivity index (χ2n) is 3.99. The van der Waals surface area contributed by atoms with Gasteiger partial charge in [-0.05, 0) is 31.4 Å². The summed E-state index contributed by atoms with van der Waals surface area (Å²) in [7, 11) is 0. The van der Waals surface area contributed by atoms with Crippen LogP contribution >= 0.6 is 0 Å². The molecule has 0 unspecified atom stereocenters. The minimum Gasteiger partial charge on any atom is -0.356 e. The third-order valence-electron chi connectivity index (χ3n) is 2.86. The molecule has 1 atom stereocenters. The van der Waals surface area contributed by atoms with Crippen LogP contribution in [0.25, 0.3) is 0 Å². The highest BCUT2D eigenvalue weighted by atomic mass is 16.2. The highest BCUT2D eigenvalue weighted by Crippen LogP contribution is 2.26. The third kappa shape index (κ3) is 1.52.